The van der Waals surface area contributed by atoms with Gasteiger partial charge in [0.05, 0.1) is 5.92 Å². The van der Waals surface area contributed by atoms with E-state index < -0.39 is 23.9 Å². The lowest BCUT2D eigenvalue weighted by atomic mass is 9.96. The number of carbonyl (C=O) groups is 2. The van der Waals surface area contributed by atoms with Gasteiger partial charge >= 0.3 is 11.9 Å². The third kappa shape index (κ3) is 2.53. The SMILES string of the molecule is O=C(O)C1CCCN(C(C(=O)O)c2ccc[nH]2)C1. The number of hydrogen-bond acceptors (Lipinski definition) is 3. The van der Waals surface area contributed by atoms with Crippen molar-refractivity contribution >= 4 is 11.9 Å². The molecule has 6 nitrogen and oxygen atoms in total. The van der Waals surface area contributed by atoms with Crippen LogP contribution in [0.1, 0.15) is 24.6 Å². The van der Waals surface area contributed by atoms with E-state index in [0.29, 0.717) is 25.1 Å². The lowest BCUT2D eigenvalue weighted by Crippen LogP contribution is -2.43. The van der Waals surface area contributed by atoms with Gasteiger partial charge in [0.2, 0.25) is 0 Å². The second-order valence-electron chi connectivity index (χ2n) is 4.54. The van der Waals surface area contributed by atoms with E-state index in [1.165, 1.54) is 0 Å². The molecular weight excluding hydrogens is 236 g/mol. The zero-order valence-corrected chi connectivity index (χ0v) is 9.87. The maximum atomic E-state index is 11.4. The van der Waals surface area contributed by atoms with Crippen LogP contribution in [0.2, 0.25) is 0 Å². The number of aromatic nitrogens is 1. The van der Waals surface area contributed by atoms with Gasteiger partial charge in [-0.2, -0.15) is 0 Å². The number of nitrogens with zero attached hydrogens (tertiary/aromatic N) is 1. The molecule has 2 unspecified atom stereocenters. The zero-order chi connectivity index (χ0) is 13.1. The molecule has 0 amide bonds. The summed E-state index contributed by atoms with van der Waals surface area (Å²) in [6.07, 6.45) is 2.99. The van der Waals surface area contributed by atoms with Crippen molar-refractivity contribution in [3.63, 3.8) is 0 Å². The Morgan fingerprint density at radius 2 is 2.22 bits per heavy atom. The normalized spacial score (nSPS) is 22.6. The molecule has 2 heterocycles. The number of H-pyrrole nitrogens is 1. The van der Waals surface area contributed by atoms with Crippen LogP contribution >= 0.6 is 0 Å². The molecule has 0 saturated carbocycles. The Balaban J connectivity index is 2.16. The summed E-state index contributed by atoms with van der Waals surface area (Å²) in [5.41, 5.74) is 0.591. The van der Waals surface area contributed by atoms with Crippen molar-refractivity contribution in [3.8, 4) is 0 Å². The van der Waals surface area contributed by atoms with Crippen LogP contribution < -0.4 is 0 Å². The second-order valence-corrected chi connectivity index (χ2v) is 4.54. The van der Waals surface area contributed by atoms with Gasteiger partial charge in [-0.05, 0) is 31.5 Å². The van der Waals surface area contributed by atoms with Gasteiger partial charge in [-0.1, -0.05) is 0 Å². The van der Waals surface area contributed by atoms with Crippen molar-refractivity contribution in [2.75, 3.05) is 13.1 Å². The van der Waals surface area contributed by atoms with E-state index in [-0.39, 0.29) is 6.54 Å². The molecule has 0 aromatic carbocycles. The van der Waals surface area contributed by atoms with Gasteiger partial charge in [0.25, 0.3) is 0 Å². The van der Waals surface area contributed by atoms with E-state index in [1.54, 1.807) is 23.2 Å². The topological polar surface area (TPSA) is 93.6 Å². The van der Waals surface area contributed by atoms with Gasteiger partial charge in [-0.25, -0.2) is 0 Å². The highest BCUT2D eigenvalue weighted by molar-refractivity contribution is 5.75. The summed E-state index contributed by atoms with van der Waals surface area (Å²) in [7, 11) is 0. The van der Waals surface area contributed by atoms with E-state index in [9.17, 15) is 14.7 Å². The Hall–Kier alpha value is -1.82. The summed E-state index contributed by atoms with van der Waals surface area (Å²) in [6.45, 7) is 0.894. The Morgan fingerprint density at radius 3 is 2.78 bits per heavy atom. The third-order valence-electron chi connectivity index (χ3n) is 3.32. The Kier molecular flexibility index (Phi) is 3.66. The van der Waals surface area contributed by atoms with Crippen molar-refractivity contribution in [2.45, 2.75) is 18.9 Å². The minimum absolute atomic E-state index is 0.283. The predicted octanol–water partition coefficient (Wildman–Crippen LogP) is 0.937. The highest BCUT2D eigenvalue weighted by Gasteiger charge is 2.34. The molecule has 1 aromatic rings. The smallest absolute Gasteiger partial charge is 0.327 e. The predicted molar refractivity (Wildman–Crippen MR) is 63.1 cm³/mol. The fourth-order valence-corrected chi connectivity index (χ4v) is 2.44. The fourth-order valence-electron chi connectivity index (χ4n) is 2.44. The van der Waals surface area contributed by atoms with Crippen molar-refractivity contribution in [2.24, 2.45) is 5.92 Å². The number of aliphatic carboxylic acids is 2. The number of likely N-dealkylation sites (tertiary alicyclic amines) is 1. The van der Waals surface area contributed by atoms with Gasteiger partial charge in [0.15, 0.2) is 0 Å². The number of piperidine rings is 1. The van der Waals surface area contributed by atoms with Gasteiger partial charge in [-0.15, -0.1) is 0 Å². The van der Waals surface area contributed by atoms with Crippen LogP contribution in [-0.4, -0.2) is 45.1 Å². The average molecular weight is 252 g/mol. The molecule has 2 atom stereocenters. The highest BCUT2D eigenvalue weighted by Crippen LogP contribution is 2.26. The summed E-state index contributed by atoms with van der Waals surface area (Å²) in [5, 5.41) is 18.3. The number of hydrogen-bond donors (Lipinski definition) is 3. The molecule has 1 fully saturated rings. The Bertz CT molecular complexity index is 429. The summed E-state index contributed by atoms with van der Waals surface area (Å²) < 4.78 is 0. The molecule has 18 heavy (non-hydrogen) atoms. The second kappa shape index (κ2) is 5.22. The van der Waals surface area contributed by atoms with Crippen LogP contribution in [0.3, 0.4) is 0 Å². The number of nitrogens with one attached hydrogen (secondary N) is 1. The number of carboxylic acid groups (broad SMARTS) is 2. The molecular formula is C12H16N2O4. The Labute approximate surface area is 104 Å². The molecule has 6 heteroatoms. The molecule has 0 aliphatic carbocycles. The van der Waals surface area contributed by atoms with Crippen LogP contribution in [0, 0.1) is 5.92 Å². The molecule has 0 radical (unpaired) electrons. The van der Waals surface area contributed by atoms with Crippen LogP contribution in [0.5, 0.6) is 0 Å². The van der Waals surface area contributed by atoms with Crippen molar-refractivity contribution in [3.05, 3.63) is 24.0 Å². The quantitative estimate of drug-likeness (QED) is 0.741. The third-order valence-corrected chi connectivity index (χ3v) is 3.32. The van der Waals surface area contributed by atoms with Gasteiger partial charge in [0, 0.05) is 18.4 Å². The zero-order valence-electron chi connectivity index (χ0n) is 9.87. The van der Waals surface area contributed by atoms with Crippen LogP contribution in [-0.2, 0) is 9.59 Å². The van der Waals surface area contributed by atoms with Gasteiger partial charge in [-0.3, -0.25) is 14.5 Å². The summed E-state index contributed by atoms with van der Waals surface area (Å²) in [4.78, 5) is 27.0. The monoisotopic (exact) mass is 252 g/mol. The molecule has 1 saturated heterocycles. The van der Waals surface area contributed by atoms with Crippen molar-refractivity contribution < 1.29 is 19.8 Å². The molecule has 98 valence electrons. The molecule has 2 rings (SSSR count). The van der Waals surface area contributed by atoms with E-state index in [0.717, 1.165) is 0 Å². The van der Waals surface area contributed by atoms with Crippen LogP contribution in [0.25, 0.3) is 0 Å². The maximum Gasteiger partial charge on any atom is 0.327 e. The molecule has 3 N–H and O–H groups in total. The van der Waals surface area contributed by atoms with Gasteiger partial charge in [0.1, 0.15) is 6.04 Å². The number of carboxylic acids is 2. The van der Waals surface area contributed by atoms with Crippen LogP contribution in [0.4, 0.5) is 0 Å². The molecule has 1 aliphatic rings. The first-order chi connectivity index (χ1) is 8.59. The first-order valence-electron chi connectivity index (χ1n) is 5.92. The summed E-state index contributed by atoms with van der Waals surface area (Å²) >= 11 is 0. The van der Waals surface area contributed by atoms with E-state index in [2.05, 4.69) is 4.98 Å². The number of aromatic amines is 1. The molecule has 1 aromatic heterocycles. The summed E-state index contributed by atoms with van der Waals surface area (Å²) in [6, 6.07) is 2.66. The molecule has 1 aliphatic heterocycles. The van der Waals surface area contributed by atoms with E-state index in [4.69, 9.17) is 5.11 Å². The Morgan fingerprint density at radius 1 is 1.44 bits per heavy atom. The maximum absolute atomic E-state index is 11.4. The van der Waals surface area contributed by atoms with E-state index in [1.807, 2.05) is 0 Å². The summed E-state index contributed by atoms with van der Waals surface area (Å²) in [5.74, 6) is -2.28. The lowest BCUT2D eigenvalue weighted by molar-refractivity contribution is -0.149. The van der Waals surface area contributed by atoms with Crippen molar-refractivity contribution in [1.29, 1.82) is 0 Å². The van der Waals surface area contributed by atoms with Crippen molar-refractivity contribution in [1.82, 2.24) is 9.88 Å². The van der Waals surface area contributed by atoms with Crippen LogP contribution in [0.15, 0.2) is 18.3 Å². The largest absolute Gasteiger partial charge is 0.481 e. The fraction of sp³-hybridized carbons (Fsp3) is 0.500. The van der Waals surface area contributed by atoms with E-state index >= 15 is 0 Å². The molecule has 0 bridgehead atoms. The molecule has 0 spiro atoms. The standard InChI is InChI=1S/C12H16N2O4/c15-11(16)8-3-2-6-14(7-8)10(12(17)18)9-4-1-5-13-9/h1,4-5,8,10,13H,2-3,6-7H2,(H,15,16)(H,17,18). The minimum atomic E-state index is -0.955. The van der Waals surface area contributed by atoms with Gasteiger partial charge < -0.3 is 15.2 Å². The average Bonchev–Trinajstić information content (AvgIpc) is 2.82. The minimum Gasteiger partial charge on any atom is -0.481 e. The lowest BCUT2D eigenvalue weighted by Gasteiger charge is -2.34. The highest BCUT2D eigenvalue weighted by atomic mass is 16.4. The number of rotatable bonds is 4. The first-order valence-corrected chi connectivity index (χ1v) is 5.92. The first kappa shape index (κ1) is 12.6.